The van der Waals surface area contributed by atoms with Gasteiger partial charge in [0.1, 0.15) is 24.7 Å². The smallest absolute Gasteiger partial charge is 0.338 e. The number of anilines is 1. The molecule has 3 N–H and O–H groups in total. The second-order valence-corrected chi connectivity index (χ2v) is 9.79. The highest BCUT2D eigenvalue weighted by Crippen LogP contribution is 2.27. The normalized spacial score (nSPS) is 11.1. The van der Waals surface area contributed by atoms with E-state index in [9.17, 15) is 9.59 Å². The Morgan fingerprint density at radius 2 is 1.56 bits per heavy atom. The maximum Gasteiger partial charge on any atom is 0.338 e. The Morgan fingerprint density at radius 1 is 0.860 bits per heavy atom. The number of halogens is 2. The van der Waals surface area contributed by atoms with E-state index in [0.717, 1.165) is 42.8 Å². The van der Waals surface area contributed by atoms with Crippen LogP contribution >= 0.6 is 24.8 Å². The van der Waals surface area contributed by atoms with Crippen molar-refractivity contribution in [1.29, 1.82) is 0 Å². The highest BCUT2D eigenvalue weighted by molar-refractivity contribution is 5.97. The number of ether oxygens (including phenoxy) is 3. The van der Waals surface area contributed by atoms with Gasteiger partial charge in [-0.15, -0.1) is 24.8 Å². The van der Waals surface area contributed by atoms with E-state index in [2.05, 4.69) is 31.0 Å². The number of nitrogens with zero attached hydrogens (tertiary/aromatic N) is 1. The number of likely N-dealkylation sites (N-methyl/N-ethyl adjacent to an activating group) is 1. The van der Waals surface area contributed by atoms with Crippen molar-refractivity contribution < 1.29 is 23.8 Å². The quantitative estimate of drug-likeness (QED) is 0.133. The molecule has 0 saturated carbocycles. The molecule has 0 heterocycles. The molecule has 8 nitrogen and oxygen atoms in total. The number of carbonyl (C=O) groups is 2. The van der Waals surface area contributed by atoms with Crippen LogP contribution in [0.25, 0.3) is 0 Å². The van der Waals surface area contributed by atoms with Crippen LogP contribution in [0.4, 0.5) is 5.69 Å². The zero-order valence-electron chi connectivity index (χ0n) is 25.3. The van der Waals surface area contributed by atoms with Gasteiger partial charge < -0.3 is 30.2 Å². The molecule has 0 unspecified atom stereocenters. The zero-order valence-corrected chi connectivity index (χ0v) is 26.9. The van der Waals surface area contributed by atoms with Crippen LogP contribution in [-0.2, 0) is 22.6 Å². The summed E-state index contributed by atoms with van der Waals surface area (Å²) in [5, 5.41) is 2.87. The molecule has 0 bridgehead atoms. The van der Waals surface area contributed by atoms with Gasteiger partial charge in [-0.05, 0) is 67.4 Å². The van der Waals surface area contributed by atoms with Crippen molar-refractivity contribution in [3.05, 3.63) is 89.5 Å². The Labute approximate surface area is 268 Å². The number of benzene rings is 3. The minimum absolute atomic E-state index is 0. The second-order valence-electron chi connectivity index (χ2n) is 9.79. The summed E-state index contributed by atoms with van der Waals surface area (Å²) in [6, 6.07) is 21.7. The van der Waals surface area contributed by atoms with Crippen molar-refractivity contribution >= 4 is 42.4 Å². The average molecular weight is 635 g/mol. The van der Waals surface area contributed by atoms with E-state index >= 15 is 0 Å². The lowest BCUT2D eigenvalue weighted by molar-refractivity contribution is -0.117. The van der Waals surface area contributed by atoms with Crippen LogP contribution in [0, 0.1) is 0 Å². The van der Waals surface area contributed by atoms with Gasteiger partial charge in [-0.1, -0.05) is 69.7 Å². The molecule has 3 aromatic rings. The van der Waals surface area contributed by atoms with Gasteiger partial charge in [0.25, 0.3) is 0 Å². The van der Waals surface area contributed by atoms with Gasteiger partial charge in [-0.3, -0.25) is 4.79 Å². The SMILES string of the molecule is CCCCOc1cc(C(=O)OCCN(CC)CC)ccc1NC(=O)[C@H](N)Cc1ccc(OCc2ccccc2)cc1.Cl.Cl. The summed E-state index contributed by atoms with van der Waals surface area (Å²) in [6.07, 6.45) is 2.15. The molecule has 0 fully saturated rings. The fraction of sp³-hybridized carbons (Fsp3) is 0.394. The summed E-state index contributed by atoms with van der Waals surface area (Å²) in [5.74, 6) is 0.390. The summed E-state index contributed by atoms with van der Waals surface area (Å²) in [7, 11) is 0. The molecule has 1 amide bonds. The van der Waals surface area contributed by atoms with Crippen molar-refractivity contribution in [2.45, 2.75) is 52.7 Å². The molecule has 236 valence electrons. The molecule has 0 spiro atoms. The number of nitrogens with one attached hydrogen (secondary N) is 1. The number of rotatable bonds is 17. The lowest BCUT2D eigenvalue weighted by Gasteiger charge is -2.18. The largest absolute Gasteiger partial charge is 0.491 e. The number of hydrogen-bond acceptors (Lipinski definition) is 7. The molecule has 43 heavy (non-hydrogen) atoms. The minimum Gasteiger partial charge on any atom is -0.491 e. The standard InChI is InChI=1S/C33H43N3O5.2ClH/c1-4-7-20-39-31-23-27(33(38)40-21-19-36(5-2)6-3)15-18-30(31)35-32(37)29(34)22-25-13-16-28(17-14-25)41-24-26-11-9-8-10-12-26;;/h8-18,23,29H,4-7,19-22,24,34H2,1-3H3,(H,35,37);2*1H/t29-;;/m1../s1. The summed E-state index contributed by atoms with van der Waals surface area (Å²) in [5.41, 5.74) is 9.10. The van der Waals surface area contributed by atoms with Crippen LogP contribution in [0.5, 0.6) is 11.5 Å². The van der Waals surface area contributed by atoms with Crippen molar-refractivity contribution in [2.75, 3.05) is 38.2 Å². The van der Waals surface area contributed by atoms with E-state index in [1.807, 2.05) is 54.6 Å². The van der Waals surface area contributed by atoms with E-state index < -0.39 is 12.0 Å². The fourth-order valence-electron chi connectivity index (χ4n) is 4.12. The van der Waals surface area contributed by atoms with Crippen LogP contribution in [0.2, 0.25) is 0 Å². The predicted molar refractivity (Wildman–Crippen MR) is 177 cm³/mol. The fourth-order valence-corrected chi connectivity index (χ4v) is 4.12. The number of nitrogens with two attached hydrogens (primary N) is 1. The van der Waals surface area contributed by atoms with Gasteiger partial charge in [-0.25, -0.2) is 4.79 Å². The molecular weight excluding hydrogens is 589 g/mol. The lowest BCUT2D eigenvalue weighted by Crippen LogP contribution is -2.37. The van der Waals surface area contributed by atoms with Crippen molar-refractivity contribution in [3.8, 4) is 11.5 Å². The molecule has 10 heteroatoms. The molecular formula is C33H45Cl2N3O5. The molecule has 0 aliphatic heterocycles. The molecule has 3 rings (SSSR count). The number of carbonyl (C=O) groups excluding carboxylic acids is 2. The van der Waals surface area contributed by atoms with E-state index in [-0.39, 0.29) is 30.7 Å². The molecule has 0 radical (unpaired) electrons. The van der Waals surface area contributed by atoms with Gasteiger partial charge in [-0.2, -0.15) is 0 Å². The van der Waals surface area contributed by atoms with E-state index in [1.165, 1.54) is 0 Å². The summed E-state index contributed by atoms with van der Waals surface area (Å²) in [4.78, 5) is 27.8. The van der Waals surface area contributed by atoms with Crippen molar-refractivity contribution in [1.82, 2.24) is 4.90 Å². The summed E-state index contributed by atoms with van der Waals surface area (Å²) >= 11 is 0. The third-order valence-corrected chi connectivity index (χ3v) is 6.73. The Morgan fingerprint density at radius 3 is 2.21 bits per heavy atom. The first-order valence-corrected chi connectivity index (χ1v) is 14.4. The highest BCUT2D eigenvalue weighted by Gasteiger charge is 2.18. The minimum atomic E-state index is -0.778. The predicted octanol–water partition coefficient (Wildman–Crippen LogP) is 6.30. The van der Waals surface area contributed by atoms with Crippen molar-refractivity contribution in [2.24, 2.45) is 5.73 Å². The van der Waals surface area contributed by atoms with Crippen LogP contribution in [-0.4, -0.2) is 55.7 Å². The Bertz CT molecular complexity index is 1220. The van der Waals surface area contributed by atoms with E-state index in [4.69, 9.17) is 19.9 Å². The third kappa shape index (κ3) is 12.8. The molecule has 3 aromatic carbocycles. The van der Waals surface area contributed by atoms with Crippen LogP contribution < -0.4 is 20.5 Å². The van der Waals surface area contributed by atoms with Gasteiger partial charge in [0.2, 0.25) is 5.91 Å². The second kappa shape index (κ2) is 20.6. The van der Waals surface area contributed by atoms with Gasteiger partial charge >= 0.3 is 5.97 Å². The third-order valence-electron chi connectivity index (χ3n) is 6.73. The van der Waals surface area contributed by atoms with E-state index in [1.54, 1.807) is 18.2 Å². The van der Waals surface area contributed by atoms with Crippen LogP contribution in [0.1, 0.15) is 55.1 Å². The molecule has 0 aromatic heterocycles. The first-order chi connectivity index (χ1) is 19.9. The number of hydrogen-bond donors (Lipinski definition) is 2. The maximum atomic E-state index is 13.0. The first-order valence-electron chi connectivity index (χ1n) is 14.4. The summed E-state index contributed by atoms with van der Waals surface area (Å²) < 4.78 is 17.2. The van der Waals surface area contributed by atoms with E-state index in [0.29, 0.717) is 49.8 Å². The van der Waals surface area contributed by atoms with Gasteiger partial charge in [0.05, 0.1) is 23.9 Å². The topological polar surface area (TPSA) is 103 Å². The molecule has 0 aliphatic carbocycles. The molecule has 0 saturated heterocycles. The monoisotopic (exact) mass is 633 g/mol. The Kier molecular flexibility index (Phi) is 18.1. The van der Waals surface area contributed by atoms with Gasteiger partial charge in [0, 0.05) is 6.54 Å². The maximum absolute atomic E-state index is 13.0. The average Bonchev–Trinajstić information content (AvgIpc) is 3.00. The van der Waals surface area contributed by atoms with Gasteiger partial charge in [0.15, 0.2) is 0 Å². The number of esters is 1. The number of unbranched alkanes of at least 4 members (excludes halogenated alkanes) is 1. The van der Waals surface area contributed by atoms with Crippen molar-refractivity contribution in [3.63, 3.8) is 0 Å². The Hall–Kier alpha value is -3.30. The molecule has 1 atom stereocenters. The summed E-state index contributed by atoms with van der Waals surface area (Å²) in [6.45, 7) is 9.93. The Balaban J connectivity index is 0.00000462. The first kappa shape index (κ1) is 37.7. The molecule has 0 aliphatic rings. The lowest BCUT2D eigenvalue weighted by atomic mass is 10.1. The highest BCUT2D eigenvalue weighted by atomic mass is 35.5. The number of amides is 1. The van der Waals surface area contributed by atoms with Crippen LogP contribution in [0.15, 0.2) is 72.8 Å². The van der Waals surface area contributed by atoms with Crippen LogP contribution in [0.3, 0.4) is 0 Å². The zero-order chi connectivity index (χ0) is 29.5.